The molecule has 0 amide bonds. The molecular weight excluding hydrogens is 757 g/mol. The minimum absolute atomic E-state index is 0.754. The average molecular weight is 795 g/mol. The van der Waals surface area contributed by atoms with Crippen LogP contribution in [0.1, 0.15) is 5.56 Å². The van der Waals surface area contributed by atoms with Crippen LogP contribution in [-0.4, -0.2) is 11.7 Å². The lowest BCUT2D eigenvalue weighted by Gasteiger charge is -2.15. The third kappa shape index (κ3) is 6.18. The second kappa shape index (κ2) is 15.1. The van der Waals surface area contributed by atoms with Crippen molar-refractivity contribution in [3.8, 4) is 65.5 Å². The van der Waals surface area contributed by atoms with E-state index in [2.05, 4.69) is 212 Å². The first kappa shape index (κ1) is 36.4. The Kier molecular flexibility index (Phi) is 9.03. The largest absolute Gasteiger partial charge is 0.262 e. The highest BCUT2D eigenvalue weighted by Crippen LogP contribution is 2.54. The first-order valence-electron chi connectivity index (χ1n) is 20.5. The molecule has 0 radical (unpaired) electrons. The van der Waals surface area contributed by atoms with Crippen molar-refractivity contribution in [2.24, 2.45) is 4.99 Å². The van der Waals surface area contributed by atoms with E-state index < -0.39 is 0 Å². The summed E-state index contributed by atoms with van der Waals surface area (Å²) in [6.45, 7) is 7.83. The molecule has 0 saturated heterocycles. The molecule has 0 saturated carbocycles. The molecule has 0 aliphatic rings. The van der Waals surface area contributed by atoms with E-state index in [9.17, 15) is 0 Å². The molecule has 2 nitrogen and oxygen atoms in total. The van der Waals surface area contributed by atoms with Gasteiger partial charge < -0.3 is 0 Å². The maximum Gasteiger partial charge on any atom is 0.0971 e. The van der Waals surface area contributed by atoms with Crippen LogP contribution in [0, 0.1) is 0 Å². The number of aromatic nitrogens is 1. The van der Waals surface area contributed by atoms with Gasteiger partial charge in [0.15, 0.2) is 0 Å². The molecule has 286 valence electrons. The summed E-state index contributed by atoms with van der Waals surface area (Å²) in [7, 11) is 0. The highest BCUT2D eigenvalue weighted by Gasteiger charge is 2.25. The molecule has 0 spiro atoms. The van der Waals surface area contributed by atoms with Gasteiger partial charge in [0, 0.05) is 43.0 Å². The lowest BCUT2D eigenvalue weighted by molar-refractivity contribution is 1.39. The van der Waals surface area contributed by atoms with Crippen LogP contribution in [0.3, 0.4) is 0 Å². The maximum atomic E-state index is 5.16. The fourth-order valence-electron chi connectivity index (χ4n) is 9.07. The lowest BCUT2D eigenvalue weighted by Crippen LogP contribution is -1.91. The topological polar surface area (TPSA) is 25.2 Å². The van der Waals surface area contributed by atoms with Crippen LogP contribution in [-0.2, 0) is 0 Å². The number of benzene rings is 9. The van der Waals surface area contributed by atoms with E-state index in [4.69, 9.17) is 4.98 Å². The smallest absolute Gasteiger partial charge is 0.0971 e. The van der Waals surface area contributed by atoms with E-state index in [1.54, 1.807) is 0 Å². The van der Waals surface area contributed by atoms with Gasteiger partial charge in [-0.05, 0) is 79.0 Å². The molecule has 9 aromatic carbocycles. The van der Waals surface area contributed by atoms with Crippen LogP contribution in [0.5, 0.6) is 0 Å². The SMILES string of the molecule is C=Cc1ccc2ccc(-c3ccc(-c4ccc(-c5c(-c6ccccc6)sc(-c6cc7ccccc7c7ccccc67)c5-c5ccccc5)cc4)c4ccccc34)nc2c1N=C. The third-order valence-electron chi connectivity index (χ3n) is 11.9. The number of nitrogens with zero attached hydrogens (tertiary/aromatic N) is 2. The summed E-state index contributed by atoms with van der Waals surface area (Å²) >= 11 is 1.89. The first-order valence-corrected chi connectivity index (χ1v) is 21.3. The molecule has 61 heavy (non-hydrogen) atoms. The number of hydrogen-bond acceptors (Lipinski definition) is 3. The summed E-state index contributed by atoms with van der Waals surface area (Å²) < 4.78 is 0. The molecule has 0 aliphatic heterocycles. The number of pyridine rings is 1. The molecule has 3 heteroatoms. The Morgan fingerprint density at radius 3 is 1.67 bits per heavy atom. The third-order valence-corrected chi connectivity index (χ3v) is 13.2. The van der Waals surface area contributed by atoms with Gasteiger partial charge in [0.25, 0.3) is 0 Å². The van der Waals surface area contributed by atoms with Gasteiger partial charge in [-0.2, -0.15) is 0 Å². The van der Waals surface area contributed by atoms with Gasteiger partial charge in [-0.25, -0.2) is 4.98 Å². The minimum Gasteiger partial charge on any atom is -0.262 e. The number of fused-ring (bicyclic) bond motifs is 5. The predicted octanol–water partition coefficient (Wildman–Crippen LogP) is 16.7. The van der Waals surface area contributed by atoms with Gasteiger partial charge in [-0.15, -0.1) is 11.3 Å². The van der Waals surface area contributed by atoms with Crippen LogP contribution >= 0.6 is 11.3 Å². The molecule has 0 fully saturated rings. The van der Waals surface area contributed by atoms with Crippen LogP contribution < -0.4 is 0 Å². The Morgan fingerprint density at radius 2 is 0.967 bits per heavy atom. The van der Waals surface area contributed by atoms with Crippen LogP contribution in [0.4, 0.5) is 5.69 Å². The van der Waals surface area contributed by atoms with Crippen LogP contribution in [0.2, 0.25) is 0 Å². The number of thiophene rings is 1. The fraction of sp³-hybridized carbons (Fsp3) is 0. The summed E-state index contributed by atoms with van der Waals surface area (Å²) in [5.41, 5.74) is 14.1. The van der Waals surface area contributed by atoms with Crippen LogP contribution in [0.15, 0.2) is 212 Å². The zero-order valence-corrected chi connectivity index (χ0v) is 34.2. The van der Waals surface area contributed by atoms with Crippen LogP contribution in [0.25, 0.3) is 115 Å². The summed E-state index contributed by atoms with van der Waals surface area (Å²) in [4.78, 5) is 12.0. The molecule has 0 atom stereocenters. The number of aliphatic imine (C=N–C) groups is 1. The van der Waals surface area contributed by atoms with Crippen molar-refractivity contribution in [3.05, 3.63) is 212 Å². The molecule has 0 bridgehead atoms. The average Bonchev–Trinajstić information content (AvgIpc) is 3.74. The minimum atomic E-state index is 0.754. The Morgan fingerprint density at radius 1 is 0.426 bits per heavy atom. The highest BCUT2D eigenvalue weighted by molar-refractivity contribution is 7.20. The maximum absolute atomic E-state index is 5.16. The van der Waals surface area contributed by atoms with Crippen molar-refractivity contribution in [2.75, 3.05) is 0 Å². The van der Waals surface area contributed by atoms with Gasteiger partial charge in [0.05, 0.1) is 16.9 Å². The molecule has 0 unspecified atom stereocenters. The van der Waals surface area contributed by atoms with E-state index in [0.717, 1.165) is 44.4 Å². The Balaban J connectivity index is 1.09. The molecule has 2 aromatic heterocycles. The molecular formula is C58H38N2S. The van der Waals surface area contributed by atoms with E-state index >= 15 is 0 Å². The van der Waals surface area contributed by atoms with Crippen molar-refractivity contribution in [3.63, 3.8) is 0 Å². The second-order valence-corrected chi connectivity index (χ2v) is 16.4. The van der Waals surface area contributed by atoms with Crippen molar-refractivity contribution < 1.29 is 0 Å². The van der Waals surface area contributed by atoms with Gasteiger partial charge in [0.2, 0.25) is 0 Å². The standard InChI is InChI=1S/C58H38N2S/c1-3-37-26-31-41-32-35-52(60-56(41)55(37)59-2)50-34-33-45(47-23-12-14-24-48(47)50)38-27-29-40(30-28-38)53-54(39-16-6-4-7-17-39)58(61-57(53)42-18-8-5-9-19-42)51-36-43-20-10-11-21-44(43)46-22-13-15-25-49(46)51/h3-36H,1-2H2. The zero-order chi connectivity index (χ0) is 40.9. The van der Waals surface area contributed by atoms with Gasteiger partial charge in [0.1, 0.15) is 0 Å². The highest BCUT2D eigenvalue weighted by atomic mass is 32.1. The Hall–Kier alpha value is -7.72. The van der Waals surface area contributed by atoms with E-state index in [1.165, 1.54) is 75.6 Å². The Bertz CT molecular complexity index is 3490. The predicted molar refractivity (Wildman–Crippen MR) is 264 cm³/mol. The van der Waals surface area contributed by atoms with Gasteiger partial charge >= 0.3 is 0 Å². The second-order valence-electron chi connectivity index (χ2n) is 15.4. The monoisotopic (exact) mass is 794 g/mol. The molecule has 11 rings (SSSR count). The summed E-state index contributed by atoms with van der Waals surface area (Å²) in [6, 6.07) is 72.4. The summed E-state index contributed by atoms with van der Waals surface area (Å²) in [6.07, 6.45) is 1.81. The normalized spacial score (nSPS) is 11.4. The zero-order valence-electron chi connectivity index (χ0n) is 33.3. The van der Waals surface area contributed by atoms with Crippen molar-refractivity contribution in [1.29, 1.82) is 0 Å². The van der Waals surface area contributed by atoms with Crippen molar-refractivity contribution >= 4 is 73.0 Å². The number of hydrogen-bond donors (Lipinski definition) is 0. The van der Waals surface area contributed by atoms with Gasteiger partial charge in [-0.1, -0.05) is 201 Å². The molecule has 2 heterocycles. The lowest BCUT2D eigenvalue weighted by atomic mass is 9.88. The van der Waals surface area contributed by atoms with E-state index in [0.29, 0.717) is 0 Å². The quantitative estimate of drug-likeness (QED) is 0.111. The number of rotatable bonds is 8. The van der Waals surface area contributed by atoms with Gasteiger partial charge in [-0.3, -0.25) is 4.99 Å². The summed E-state index contributed by atoms with van der Waals surface area (Å²) in [5, 5.41) is 8.38. The Labute approximate surface area is 359 Å². The van der Waals surface area contributed by atoms with E-state index in [1.807, 2.05) is 23.5 Å². The summed E-state index contributed by atoms with van der Waals surface area (Å²) in [5.74, 6) is 0. The molecule has 0 aliphatic carbocycles. The van der Waals surface area contributed by atoms with Crippen molar-refractivity contribution in [1.82, 2.24) is 4.98 Å². The fourth-order valence-corrected chi connectivity index (χ4v) is 10.5. The first-order chi connectivity index (χ1) is 30.2. The molecule has 11 aromatic rings. The van der Waals surface area contributed by atoms with E-state index in [-0.39, 0.29) is 0 Å². The molecule has 0 N–H and O–H groups in total. The van der Waals surface area contributed by atoms with Crippen molar-refractivity contribution in [2.45, 2.75) is 0 Å².